The van der Waals surface area contributed by atoms with Crippen molar-refractivity contribution in [3.8, 4) is 0 Å². The second kappa shape index (κ2) is 4.73. The maximum Gasteiger partial charge on any atom is 0.0445 e. The fourth-order valence-corrected chi connectivity index (χ4v) is 1.73. The molecule has 66 valence electrons. The highest BCUT2D eigenvalue weighted by molar-refractivity contribution is 4.76. The zero-order valence-electron chi connectivity index (χ0n) is 7.34. The van der Waals surface area contributed by atoms with Gasteiger partial charge >= 0.3 is 0 Å². The Kier molecular flexibility index (Phi) is 3.87. The molecule has 0 aromatic carbocycles. The van der Waals surface area contributed by atoms with E-state index in [0.717, 1.165) is 18.9 Å². The monoisotopic (exact) mass is 157 g/mol. The normalized spacial score (nSPS) is 32.2. The van der Waals surface area contributed by atoms with E-state index in [-0.39, 0.29) is 0 Å². The third-order valence-electron chi connectivity index (χ3n) is 2.67. The third kappa shape index (κ3) is 2.80. The molecule has 0 amide bonds. The maximum atomic E-state index is 8.70. The van der Waals surface area contributed by atoms with Gasteiger partial charge in [-0.25, -0.2) is 0 Å². The van der Waals surface area contributed by atoms with E-state index < -0.39 is 0 Å². The quantitative estimate of drug-likeness (QED) is 0.644. The average molecular weight is 157 g/mol. The second-order valence-corrected chi connectivity index (χ2v) is 3.47. The Hall–Kier alpha value is -0.0800. The molecule has 1 saturated heterocycles. The molecular formula is C9H19NO. The molecule has 2 N–H and O–H groups in total. The number of hydrogen-bond donors (Lipinski definition) is 2. The fourth-order valence-electron chi connectivity index (χ4n) is 1.73. The van der Waals surface area contributed by atoms with Crippen LogP contribution in [0, 0.1) is 5.92 Å². The van der Waals surface area contributed by atoms with Crippen LogP contribution in [-0.2, 0) is 0 Å². The van der Waals surface area contributed by atoms with Gasteiger partial charge in [-0.2, -0.15) is 0 Å². The summed E-state index contributed by atoms with van der Waals surface area (Å²) in [4.78, 5) is 0. The summed E-state index contributed by atoms with van der Waals surface area (Å²) in [5.74, 6) is 0.880. The van der Waals surface area contributed by atoms with E-state index in [0.29, 0.717) is 12.6 Å². The molecule has 0 saturated carbocycles. The summed E-state index contributed by atoms with van der Waals surface area (Å²) in [6.45, 7) is 3.73. The number of nitrogens with one attached hydrogen (secondary N) is 1. The van der Waals surface area contributed by atoms with Gasteiger partial charge in [0.1, 0.15) is 0 Å². The standard InChI is InChI=1S/C9H19NO/c1-2-8-3-4-9(5-6-11)10-7-8/h8-11H,2-7H2,1H3/t8-,9+/m1/s1. The van der Waals surface area contributed by atoms with Crippen LogP contribution in [0.1, 0.15) is 32.6 Å². The van der Waals surface area contributed by atoms with Crippen molar-refractivity contribution >= 4 is 0 Å². The molecule has 1 heterocycles. The molecule has 2 atom stereocenters. The van der Waals surface area contributed by atoms with Crippen LogP contribution in [0.2, 0.25) is 0 Å². The van der Waals surface area contributed by atoms with Crippen molar-refractivity contribution in [2.24, 2.45) is 5.92 Å². The van der Waals surface area contributed by atoms with E-state index in [9.17, 15) is 0 Å². The number of rotatable bonds is 3. The molecule has 1 aliphatic rings. The van der Waals surface area contributed by atoms with Crippen molar-refractivity contribution in [3.63, 3.8) is 0 Å². The van der Waals surface area contributed by atoms with Crippen molar-refractivity contribution in [1.29, 1.82) is 0 Å². The predicted molar refractivity (Wildman–Crippen MR) is 46.5 cm³/mol. The van der Waals surface area contributed by atoms with Crippen LogP contribution in [0.5, 0.6) is 0 Å². The second-order valence-electron chi connectivity index (χ2n) is 3.47. The number of hydrogen-bond acceptors (Lipinski definition) is 2. The molecular weight excluding hydrogens is 138 g/mol. The fraction of sp³-hybridized carbons (Fsp3) is 1.00. The topological polar surface area (TPSA) is 32.3 Å². The van der Waals surface area contributed by atoms with Gasteiger partial charge < -0.3 is 10.4 Å². The van der Waals surface area contributed by atoms with Crippen molar-refractivity contribution < 1.29 is 5.11 Å². The lowest BCUT2D eigenvalue weighted by atomic mass is 9.92. The molecule has 0 aromatic rings. The highest BCUT2D eigenvalue weighted by Crippen LogP contribution is 2.18. The van der Waals surface area contributed by atoms with Gasteiger partial charge in [0, 0.05) is 12.6 Å². The van der Waals surface area contributed by atoms with Crippen molar-refractivity contribution in [3.05, 3.63) is 0 Å². The lowest BCUT2D eigenvalue weighted by molar-refractivity contribution is 0.229. The Morgan fingerprint density at radius 2 is 2.27 bits per heavy atom. The van der Waals surface area contributed by atoms with E-state index in [2.05, 4.69) is 12.2 Å². The first kappa shape index (κ1) is 9.01. The average Bonchev–Trinajstić information content (AvgIpc) is 2.07. The lowest BCUT2D eigenvalue weighted by Gasteiger charge is -2.28. The van der Waals surface area contributed by atoms with Gasteiger partial charge in [-0.05, 0) is 31.7 Å². The summed E-state index contributed by atoms with van der Waals surface area (Å²) in [6, 6.07) is 0.586. The molecule has 2 heteroatoms. The van der Waals surface area contributed by atoms with Crippen molar-refractivity contribution in [2.45, 2.75) is 38.6 Å². The molecule has 0 bridgehead atoms. The van der Waals surface area contributed by atoms with E-state index in [4.69, 9.17) is 5.11 Å². The Morgan fingerprint density at radius 1 is 1.45 bits per heavy atom. The molecule has 2 nitrogen and oxygen atoms in total. The van der Waals surface area contributed by atoms with Gasteiger partial charge in [0.25, 0.3) is 0 Å². The van der Waals surface area contributed by atoms with Gasteiger partial charge in [0.2, 0.25) is 0 Å². The first-order chi connectivity index (χ1) is 5.36. The van der Waals surface area contributed by atoms with Gasteiger partial charge in [0.05, 0.1) is 0 Å². The van der Waals surface area contributed by atoms with Crippen molar-refractivity contribution in [2.75, 3.05) is 13.2 Å². The Bertz CT molecular complexity index is 97.7. The maximum absolute atomic E-state index is 8.70. The zero-order chi connectivity index (χ0) is 8.10. The van der Waals surface area contributed by atoms with E-state index >= 15 is 0 Å². The molecule has 11 heavy (non-hydrogen) atoms. The lowest BCUT2D eigenvalue weighted by Crippen LogP contribution is -2.39. The number of aliphatic hydroxyl groups excluding tert-OH is 1. The van der Waals surface area contributed by atoms with Crippen LogP contribution in [0.15, 0.2) is 0 Å². The van der Waals surface area contributed by atoms with Crippen LogP contribution in [0.25, 0.3) is 0 Å². The molecule has 1 fully saturated rings. The minimum Gasteiger partial charge on any atom is -0.396 e. The molecule has 1 rings (SSSR count). The molecule has 0 unspecified atom stereocenters. The molecule has 0 aliphatic carbocycles. The summed E-state index contributed by atoms with van der Waals surface area (Å²) >= 11 is 0. The van der Waals surface area contributed by atoms with E-state index in [1.165, 1.54) is 19.3 Å². The van der Waals surface area contributed by atoms with E-state index in [1.807, 2.05) is 0 Å². The van der Waals surface area contributed by atoms with Gasteiger partial charge in [-0.3, -0.25) is 0 Å². The van der Waals surface area contributed by atoms with Gasteiger partial charge in [0.15, 0.2) is 0 Å². The van der Waals surface area contributed by atoms with Crippen LogP contribution in [0.3, 0.4) is 0 Å². The van der Waals surface area contributed by atoms with Crippen LogP contribution in [-0.4, -0.2) is 24.3 Å². The third-order valence-corrected chi connectivity index (χ3v) is 2.67. The molecule has 0 aromatic heterocycles. The summed E-state index contributed by atoms with van der Waals surface area (Å²) in [5.41, 5.74) is 0. The number of piperidine rings is 1. The summed E-state index contributed by atoms with van der Waals surface area (Å²) in [6.07, 6.45) is 4.81. The first-order valence-corrected chi connectivity index (χ1v) is 4.71. The minimum atomic E-state index is 0.328. The van der Waals surface area contributed by atoms with Crippen LogP contribution >= 0.6 is 0 Å². The molecule has 1 aliphatic heterocycles. The van der Waals surface area contributed by atoms with Crippen LogP contribution < -0.4 is 5.32 Å². The number of aliphatic hydroxyl groups is 1. The Labute approximate surface area is 69.0 Å². The van der Waals surface area contributed by atoms with Crippen molar-refractivity contribution in [1.82, 2.24) is 5.32 Å². The summed E-state index contributed by atoms with van der Waals surface area (Å²) in [5, 5.41) is 12.2. The van der Waals surface area contributed by atoms with Gasteiger partial charge in [-0.1, -0.05) is 13.3 Å². The van der Waals surface area contributed by atoms with Gasteiger partial charge in [-0.15, -0.1) is 0 Å². The Morgan fingerprint density at radius 3 is 2.73 bits per heavy atom. The highest BCUT2D eigenvalue weighted by atomic mass is 16.3. The smallest absolute Gasteiger partial charge is 0.0445 e. The van der Waals surface area contributed by atoms with E-state index in [1.54, 1.807) is 0 Å². The predicted octanol–water partition coefficient (Wildman–Crippen LogP) is 1.15. The summed E-state index contributed by atoms with van der Waals surface area (Å²) < 4.78 is 0. The molecule has 0 radical (unpaired) electrons. The first-order valence-electron chi connectivity index (χ1n) is 4.71. The molecule has 0 spiro atoms. The largest absolute Gasteiger partial charge is 0.396 e. The minimum absolute atomic E-state index is 0.328. The Balaban J connectivity index is 2.14. The highest BCUT2D eigenvalue weighted by Gasteiger charge is 2.17. The SMILES string of the molecule is CC[C@@H]1CC[C@@H](CCO)NC1. The van der Waals surface area contributed by atoms with Crippen LogP contribution in [0.4, 0.5) is 0 Å². The summed E-state index contributed by atoms with van der Waals surface area (Å²) in [7, 11) is 0. The zero-order valence-corrected chi connectivity index (χ0v) is 7.34.